The highest BCUT2D eigenvalue weighted by Crippen LogP contribution is 2.66. The fourth-order valence-corrected chi connectivity index (χ4v) is 7.36. The lowest BCUT2D eigenvalue weighted by Crippen LogP contribution is -2.61. The first-order chi connectivity index (χ1) is 19.5. The van der Waals surface area contributed by atoms with E-state index in [1.54, 1.807) is 50.2 Å². The molecule has 2 heterocycles. The summed E-state index contributed by atoms with van der Waals surface area (Å²) < 4.78 is 9.72. The minimum absolute atomic E-state index is 0.0311. The van der Waals surface area contributed by atoms with Crippen LogP contribution in [0.5, 0.6) is 11.5 Å². The molecule has 1 N–H and O–H groups in total. The summed E-state index contributed by atoms with van der Waals surface area (Å²) >= 11 is 0. The number of hydrogen-bond acceptors (Lipinski definition) is 6. The van der Waals surface area contributed by atoms with Crippen LogP contribution in [0.1, 0.15) is 58.6 Å². The average Bonchev–Trinajstić information content (AvgIpc) is 3.22. The number of nitrogens with zero attached hydrogens (tertiary/aromatic N) is 3. The predicted octanol–water partition coefficient (Wildman–Crippen LogP) is 4.07. The number of ether oxygens (including phenoxy) is 1. The molecule has 9 heteroatoms. The Balaban J connectivity index is 1.64. The zero-order valence-electron chi connectivity index (χ0n) is 23.8. The van der Waals surface area contributed by atoms with Crippen molar-refractivity contribution in [2.24, 2.45) is 10.8 Å². The van der Waals surface area contributed by atoms with E-state index in [4.69, 9.17) is 4.74 Å². The van der Waals surface area contributed by atoms with Crippen LogP contribution in [0, 0.1) is 10.8 Å². The van der Waals surface area contributed by atoms with Crippen molar-refractivity contribution in [2.75, 3.05) is 6.61 Å². The van der Waals surface area contributed by atoms with Crippen molar-refractivity contribution < 1.29 is 19.4 Å². The Morgan fingerprint density at radius 2 is 1.63 bits per heavy atom. The molecule has 0 spiro atoms. The third kappa shape index (κ3) is 3.41. The molecule has 3 aliphatic rings. The standard InChI is InChI=1S/C32H33N3O6/c1-6-41-25-16-20(12-13-24(25)36)26-22-14-15-33-29(39)34(21-10-8-7-9-11-21)30(40)35(33)23(22)17-31(4)27(37)18(2)19(3)28(38)32(26,31)5/h7-14,16,23,26,36H,6,15,17H2,1-5H3/t23-,26+,31+,32-/m1/s1. The first kappa shape index (κ1) is 26.8. The summed E-state index contributed by atoms with van der Waals surface area (Å²) in [5.74, 6) is -0.640. The van der Waals surface area contributed by atoms with Gasteiger partial charge in [-0.15, -0.1) is 0 Å². The Hall–Kier alpha value is -4.40. The Morgan fingerprint density at radius 3 is 2.32 bits per heavy atom. The minimum atomic E-state index is -1.19. The number of rotatable bonds is 4. The van der Waals surface area contributed by atoms with E-state index in [0.29, 0.717) is 29.0 Å². The van der Waals surface area contributed by atoms with Gasteiger partial charge in [0, 0.05) is 11.3 Å². The van der Waals surface area contributed by atoms with Gasteiger partial charge in [-0.2, -0.15) is 0 Å². The largest absolute Gasteiger partial charge is 0.504 e. The monoisotopic (exact) mass is 555 g/mol. The molecule has 1 fully saturated rings. The number of benzene rings is 2. The molecule has 0 radical (unpaired) electrons. The number of fused-ring (bicyclic) bond motifs is 4. The van der Waals surface area contributed by atoms with Crippen LogP contribution in [0.2, 0.25) is 0 Å². The highest BCUT2D eigenvalue weighted by Gasteiger charge is 2.66. The number of phenols is 1. The van der Waals surface area contributed by atoms with Gasteiger partial charge in [0.15, 0.2) is 23.1 Å². The Morgan fingerprint density at radius 1 is 0.951 bits per heavy atom. The van der Waals surface area contributed by atoms with Crippen molar-refractivity contribution >= 4 is 11.6 Å². The molecule has 6 rings (SSSR count). The number of Topliss-reactive ketones (excluding diaryl/α,β-unsaturated/α-hetero) is 2. The third-order valence-corrected chi connectivity index (χ3v) is 9.75. The van der Waals surface area contributed by atoms with Gasteiger partial charge in [0.05, 0.1) is 30.3 Å². The third-order valence-electron chi connectivity index (χ3n) is 9.75. The second-order valence-corrected chi connectivity index (χ2v) is 11.6. The van der Waals surface area contributed by atoms with Crippen molar-refractivity contribution in [1.29, 1.82) is 0 Å². The highest BCUT2D eigenvalue weighted by atomic mass is 16.5. The molecular weight excluding hydrogens is 522 g/mol. The number of hydrogen-bond donors (Lipinski definition) is 1. The molecule has 0 unspecified atom stereocenters. The van der Waals surface area contributed by atoms with E-state index in [9.17, 15) is 24.3 Å². The van der Waals surface area contributed by atoms with Crippen LogP contribution in [0.4, 0.5) is 0 Å². The van der Waals surface area contributed by atoms with Crippen LogP contribution in [-0.2, 0) is 16.1 Å². The lowest BCUT2D eigenvalue weighted by atomic mass is 9.43. The molecule has 2 aromatic carbocycles. The maximum atomic E-state index is 14.3. The second kappa shape index (κ2) is 9.06. The first-order valence-electron chi connectivity index (χ1n) is 13.9. The van der Waals surface area contributed by atoms with E-state index < -0.39 is 34.2 Å². The van der Waals surface area contributed by atoms with Gasteiger partial charge in [0.1, 0.15) is 0 Å². The van der Waals surface area contributed by atoms with Gasteiger partial charge in [0.25, 0.3) is 0 Å². The van der Waals surface area contributed by atoms with Gasteiger partial charge in [-0.1, -0.05) is 44.2 Å². The summed E-state index contributed by atoms with van der Waals surface area (Å²) in [4.78, 5) is 56.0. The molecule has 41 heavy (non-hydrogen) atoms. The lowest BCUT2D eigenvalue weighted by Gasteiger charge is -2.58. The first-order valence-corrected chi connectivity index (χ1v) is 13.9. The SMILES string of the molecule is CCOc1cc([C@H]2C3=CCn4c(=O)n(-c5ccccc5)c(=O)n4[C@@H]3C[C@@]3(C)C(=O)C(C)=C(C)C(=O)[C@@]23C)ccc1O. The second-order valence-electron chi connectivity index (χ2n) is 11.6. The van der Waals surface area contributed by atoms with Crippen LogP contribution in [-0.4, -0.2) is 37.2 Å². The molecule has 4 atom stereocenters. The van der Waals surface area contributed by atoms with Crippen LogP contribution in [0.25, 0.3) is 5.69 Å². The van der Waals surface area contributed by atoms with Gasteiger partial charge < -0.3 is 9.84 Å². The summed E-state index contributed by atoms with van der Waals surface area (Å²) in [7, 11) is 0. The van der Waals surface area contributed by atoms with Gasteiger partial charge in [-0.25, -0.2) is 23.5 Å². The van der Waals surface area contributed by atoms with Gasteiger partial charge in [0.2, 0.25) is 0 Å². The highest BCUT2D eigenvalue weighted by molar-refractivity contribution is 6.17. The van der Waals surface area contributed by atoms with E-state index >= 15 is 0 Å². The molecule has 0 bridgehead atoms. The number of aromatic nitrogens is 3. The molecular formula is C32H33N3O6. The zero-order chi connectivity index (χ0) is 29.4. The zero-order valence-corrected chi connectivity index (χ0v) is 23.8. The van der Waals surface area contributed by atoms with Crippen molar-refractivity contribution in [3.63, 3.8) is 0 Å². The van der Waals surface area contributed by atoms with Crippen molar-refractivity contribution in [3.8, 4) is 17.2 Å². The van der Waals surface area contributed by atoms with E-state index in [0.717, 1.165) is 10.1 Å². The molecule has 0 saturated heterocycles. The number of para-hydroxylation sites is 1. The normalized spacial score (nSPS) is 27.2. The minimum Gasteiger partial charge on any atom is -0.504 e. The van der Waals surface area contributed by atoms with Crippen molar-refractivity contribution in [2.45, 2.75) is 59.5 Å². The van der Waals surface area contributed by atoms with E-state index in [1.807, 2.05) is 32.9 Å². The Bertz CT molecular complexity index is 1810. The average molecular weight is 556 g/mol. The van der Waals surface area contributed by atoms with Gasteiger partial charge in [-0.3, -0.25) is 9.59 Å². The van der Waals surface area contributed by atoms with Crippen LogP contribution >= 0.6 is 0 Å². The quantitative estimate of drug-likeness (QED) is 0.486. The van der Waals surface area contributed by atoms with Crippen molar-refractivity contribution in [1.82, 2.24) is 13.9 Å². The maximum Gasteiger partial charge on any atom is 0.352 e. The lowest BCUT2D eigenvalue weighted by molar-refractivity contribution is -0.151. The number of carbonyl (C=O) groups excluding carboxylic acids is 2. The van der Waals surface area contributed by atoms with Crippen LogP contribution in [0.15, 0.2) is 80.9 Å². The molecule has 0 amide bonds. The topological polar surface area (TPSA) is 113 Å². The van der Waals surface area contributed by atoms with Crippen molar-refractivity contribution in [3.05, 3.63) is 97.9 Å². The summed E-state index contributed by atoms with van der Waals surface area (Å²) in [5, 5.41) is 10.5. The number of phenolic OH excluding ortho intramolecular Hbond substituents is 1. The van der Waals surface area contributed by atoms with Crippen LogP contribution < -0.4 is 16.1 Å². The molecule has 212 valence electrons. The van der Waals surface area contributed by atoms with Gasteiger partial charge in [-0.05, 0) is 73.7 Å². The molecule has 9 nitrogen and oxygen atoms in total. The smallest absolute Gasteiger partial charge is 0.352 e. The molecule has 1 aromatic heterocycles. The van der Waals surface area contributed by atoms with Gasteiger partial charge >= 0.3 is 11.4 Å². The number of allylic oxidation sites excluding steroid dienone is 4. The molecule has 2 aliphatic carbocycles. The fraction of sp³-hybridized carbons (Fsp3) is 0.375. The molecule has 1 aliphatic heterocycles. The summed E-state index contributed by atoms with van der Waals surface area (Å²) in [5.41, 5.74) is -0.544. The predicted molar refractivity (Wildman–Crippen MR) is 153 cm³/mol. The Kier molecular flexibility index (Phi) is 5.92. The molecule has 1 saturated carbocycles. The van der Waals surface area contributed by atoms with E-state index in [-0.39, 0.29) is 36.0 Å². The van der Waals surface area contributed by atoms with Crippen LogP contribution in [0.3, 0.4) is 0 Å². The Labute approximate surface area is 237 Å². The van der Waals surface area contributed by atoms with E-state index in [1.165, 1.54) is 15.4 Å². The van der Waals surface area contributed by atoms with E-state index in [2.05, 4.69) is 0 Å². The fourth-order valence-electron chi connectivity index (χ4n) is 7.36. The number of aromatic hydroxyl groups is 1. The maximum absolute atomic E-state index is 14.3. The number of carbonyl (C=O) groups is 2. The summed E-state index contributed by atoms with van der Waals surface area (Å²) in [6, 6.07) is 13.1. The summed E-state index contributed by atoms with van der Waals surface area (Å²) in [6.07, 6.45) is 2.09. The number of ketones is 2. The molecule has 3 aromatic rings. The summed E-state index contributed by atoms with van der Waals surface area (Å²) in [6.45, 7) is 9.32.